The molecule has 3 heterocycles. The normalized spacial score (nSPS) is 11.1. The number of pyridine rings is 2. The molecule has 0 amide bonds. The molecule has 0 aliphatic rings. The van der Waals surface area contributed by atoms with Crippen molar-refractivity contribution in [1.29, 1.82) is 0 Å². The van der Waals surface area contributed by atoms with Crippen molar-refractivity contribution in [3.8, 4) is 0 Å². The minimum absolute atomic E-state index is 0. The topological polar surface area (TPSA) is 88.1 Å². The van der Waals surface area contributed by atoms with Crippen LogP contribution in [-0.4, -0.2) is 9.97 Å². The van der Waals surface area contributed by atoms with Gasteiger partial charge in [-0.15, -0.1) is 11.0 Å². The van der Waals surface area contributed by atoms with Gasteiger partial charge < -0.3 is 19.6 Å². The Morgan fingerprint density at radius 1 is 0.436 bits per heavy atom. The summed E-state index contributed by atoms with van der Waals surface area (Å²) >= 11 is 0. The first-order valence-electron chi connectivity index (χ1n) is 12.2. The molecule has 0 unspecified atom stereocenters. The maximum Gasteiger partial charge on any atom is 2.00 e. The molecular formula is C32H18N4O2Pt. The fourth-order valence-electron chi connectivity index (χ4n) is 4.84. The van der Waals surface area contributed by atoms with Gasteiger partial charge in [0.05, 0.1) is 33.2 Å². The Labute approximate surface area is 235 Å². The molecule has 4 bridgehead atoms. The summed E-state index contributed by atoms with van der Waals surface area (Å²) in [5.41, 5.74) is 2.73. The van der Waals surface area contributed by atoms with Crippen LogP contribution in [0.15, 0.2) is 119 Å². The van der Waals surface area contributed by atoms with Crippen molar-refractivity contribution in [2.75, 3.05) is 0 Å². The summed E-state index contributed by atoms with van der Waals surface area (Å²) < 4.78 is 0. The smallest absolute Gasteiger partial charge is 0.622 e. The van der Waals surface area contributed by atoms with E-state index in [1.807, 2.05) is 72.8 Å². The Morgan fingerprint density at radius 3 is 1.23 bits per heavy atom. The third-order valence-electron chi connectivity index (χ3n) is 6.71. The van der Waals surface area contributed by atoms with Gasteiger partial charge in [-0.05, 0) is 22.9 Å². The van der Waals surface area contributed by atoms with Crippen LogP contribution in [-0.2, 0) is 21.1 Å². The molecule has 0 aliphatic carbocycles. The van der Waals surface area contributed by atoms with E-state index < -0.39 is 11.1 Å². The molecule has 188 valence electrons. The molecule has 7 heteroatoms. The molecule has 7 aromatic rings. The minimum Gasteiger partial charge on any atom is -0.622 e. The second-order valence-electron chi connectivity index (χ2n) is 9.02. The third kappa shape index (κ3) is 4.29. The Hall–Kier alpha value is -4.67. The van der Waals surface area contributed by atoms with E-state index in [4.69, 9.17) is 9.97 Å². The van der Waals surface area contributed by atoms with Gasteiger partial charge in [0.2, 0.25) is 0 Å². The van der Waals surface area contributed by atoms with Crippen LogP contribution >= 0.6 is 0 Å². The van der Waals surface area contributed by atoms with Gasteiger partial charge in [-0.3, -0.25) is 0 Å². The summed E-state index contributed by atoms with van der Waals surface area (Å²) in [4.78, 5) is 45.7. The second-order valence-corrected chi connectivity index (χ2v) is 9.02. The SMILES string of the molecule is O=c1[n-]c2ccccc2c2ccc3ccc4ccc(nc4c3n2)c2ccccc2[n-]c(=O)c2ccccc12.[Pt+2]. The van der Waals surface area contributed by atoms with E-state index in [1.165, 1.54) is 0 Å². The van der Waals surface area contributed by atoms with Crippen LogP contribution < -0.4 is 21.1 Å². The van der Waals surface area contributed by atoms with Gasteiger partial charge in [-0.1, -0.05) is 97.1 Å². The van der Waals surface area contributed by atoms with Crippen molar-refractivity contribution in [3.05, 3.63) is 130 Å². The second kappa shape index (κ2) is 9.90. The maximum atomic E-state index is 13.4. The van der Waals surface area contributed by atoms with E-state index in [9.17, 15) is 9.59 Å². The van der Waals surface area contributed by atoms with Gasteiger partial charge in [-0.25, -0.2) is 9.97 Å². The molecule has 39 heavy (non-hydrogen) atoms. The molecule has 0 N–H and O–H groups in total. The number of hydrogen-bond donors (Lipinski definition) is 0. The Bertz CT molecular complexity index is 2140. The molecule has 0 spiro atoms. The fraction of sp³-hybridized carbons (Fsp3) is 0. The van der Waals surface area contributed by atoms with Crippen LogP contribution in [0.4, 0.5) is 0 Å². The number of aromatic nitrogens is 4. The first-order chi connectivity index (χ1) is 18.7. The molecular weight excluding hydrogens is 667 g/mol. The van der Waals surface area contributed by atoms with E-state index in [0.717, 1.165) is 21.8 Å². The maximum absolute atomic E-state index is 13.4. The molecule has 0 saturated carbocycles. The van der Waals surface area contributed by atoms with Gasteiger partial charge in [0, 0.05) is 21.5 Å². The number of para-hydroxylation sites is 2. The number of nitrogens with zero attached hydrogens (tertiary/aromatic N) is 4. The van der Waals surface area contributed by atoms with Crippen molar-refractivity contribution in [1.82, 2.24) is 19.9 Å². The van der Waals surface area contributed by atoms with Gasteiger partial charge in [0.15, 0.2) is 0 Å². The zero-order valence-electron chi connectivity index (χ0n) is 20.3. The van der Waals surface area contributed by atoms with Gasteiger partial charge in [-0.2, -0.15) is 0 Å². The van der Waals surface area contributed by atoms with Crippen molar-refractivity contribution < 1.29 is 21.1 Å². The Kier molecular flexibility index (Phi) is 6.26. The van der Waals surface area contributed by atoms with Crippen molar-refractivity contribution in [2.24, 2.45) is 0 Å². The monoisotopic (exact) mass is 685 g/mol. The summed E-state index contributed by atoms with van der Waals surface area (Å²) in [6, 6.07) is 33.2. The number of fused-ring (bicyclic) bond motifs is 7. The summed E-state index contributed by atoms with van der Waals surface area (Å²) in [6.45, 7) is 0. The van der Waals surface area contributed by atoms with E-state index in [-0.39, 0.29) is 31.8 Å². The standard InChI is InChI=1S/C32H20N4O2.Pt/c37-31-21-7-1-2-8-22(21)32(38)36-26-12-6-4-10-24(26)28-18-16-20-14-13-19-15-17-27(33-29(19)30(20)34-28)23-9-3-5-11-25(23)35-31;/h1-18H,(H2,33,34,35,36,37,38);/q;+2/p-2. The zero-order valence-corrected chi connectivity index (χ0v) is 22.6. The summed E-state index contributed by atoms with van der Waals surface area (Å²) in [7, 11) is 0. The predicted molar refractivity (Wildman–Crippen MR) is 153 cm³/mol. The summed E-state index contributed by atoms with van der Waals surface area (Å²) in [6.07, 6.45) is 0. The van der Waals surface area contributed by atoms with Crippen LogP contribution in [0.2, 0.25) is 0 Å². The summed E-state index contributed by atoms with van der Waals surface area (Å²) in [5, 5.41) is 3.69. The van der Waals surface area contributed by atoms with Crippen LogP contribution in [0, 0.1) is 0 Å². The average molecular weight is 686 g/mol. The molecule has 7 rings (SSSR count). The van der Waals surface area contributed by atoms with E-state index >= 15 is 0 Å². The fourth-order valence-corrected chi connectivity index (χ4v) is 4.84. The van der Waals surface area contributed by atoms with Gasteiger partial charge in [0.1, 0.15) is 0 Å². The van der Waals surface area contributed by atoms with Crippen molar-refractivity contribution in [3.63, 3.8) is 0 Å². The largest absolute Gasteiger partial charge is 2.00 e. The molecule has 3 aromatic heterocycles. The average Bonchev–Trinajstić information content (AvgIpc) is 2.96. The molecule has 4 aromatic carbocycles. The molecule has 6 nitrogen and oxygen atoms in total. The Balaban J connectivity index is 0.00000277. The molecule has 0 atom stereocenters. The number of hydrogen-bond acceptors (Lipinski definition) is 4. The third-order valence-corrected chi connectivity index (χ3v) is 6.71. The van der Waals surface area contributed by atoms with Gasteiger partial charge in [0.25, 0.3) is 0 Å². The van der Waals surface area contributed by atoms with Crippen LogP contribution in [0.25, 0.3) is 65.4 Å². The first kappa shape index (κ1) is 24.7. The van der Waals surface area contributed by atoms with Crippen LogP contribution in [0.1, 0.15) is 0 Å². The minimum atomic E-state index is -0.521. The van der Waals surface area contributed by atoms with Gasteiger partial charge >= 0.3 is 21.1 Å². The Morgan fingerprint density at radius 2 is 0.795 bits per heavy atom. The quantitative estimate of drug-likeness (QED) is 0.190. The van der Waals surface area contributed by atoms with E-state index in [2.05, 4.69) is 9.97 Å². The van der Waals surface area contributed by atoms with Crippen LogP contribution in [0.5, 0.6) is 0 Å². The molecule has 0 radical (unpaired) electrons. The molecule has 0 saturated heterocycles. The first-order valence-corrected chi connectivity index (χ1v) is 12.2. The van der Waals surface area contributed by atoms with E-state index in [1.54, 1.807) is 36.4 Å². The van der Waals surface area contributed by atoms with E-state index in [0.29, 0.717) is 32.8 Å². The number of rotatable bonds is 0. The predicted octanol–water partition coefficient (Wildman–Crippen LogP) is 5.71. The zero-order chi connectivity index (χ0) is 25.6. The van der Waals surface area contributed by atoms with Crippen molar-refractivity contribution in [2.45, 2.75) is 0 Å². The van der Waals surface area contributed by atoms with Crippen LogP contribution in [0.3, 0.4) is 0 Å². The summed E-state index contributed by atoms with van der Waals surface area (Å²) in [5.74, 6) is 0. The molecule has 0 aliphatic heterocycles. The molecule has 0 fully saturated rings. The number of benzene rings is 4. The van der Waals surface area contributed by atoms with Crippen molar-refractivity contribution >= 4 is 65.4 Å².